The van der Waals surface area contributed by atoms with Crippen molar-refractivity contribution in [3.05, 3.63) is 101 Å². The molecule has 0 aliphatic carbocycles. The Morgan fingerprint density at radius 3 is 2.17 bits per heavy atom. The summed E-state index contributed by atoms with van der Waals surface area (Å²) in [6.45, 7) is 3.58. The van der Waals surface area contributed by atoms with Crippen LogP contribution in [0, 0.1) is 13.8 Å². The molecular formula is C31H32F3N3O5. The highest BCUT2D eigenvalue weighted by Gasteiger charge is 2.64. The number of alkyl halides is 3. The Hall–Kier alpha value is -4.38. The maximum absolute atomic E-state index is 14.6. The highest BCUT2D eigenvalue weighted by atomic mass is 19.4. The molecule has 2 aromatic carbocycles. The van der Waals surface area contributed by atoms with Gasteiger partial charge in [-0.3, -0.25) is 4.79 Å². The lowest BCUT2D eigenvalue weighted by Crippen LogP contribution is -2.52. The third-order valence-electron chi connectivity index (χ3n) is 7.35. The minimum Gasteiger partial charge on any atom is -0.504 e. The summed E-state index contributed by atoms with van der Waals surface area (Å²) in [6.07, 6.45) is -4.82. The maximum atomic E-state index is 14.6. The number of pyridine rings is 1. The van der Waals surface area contributed by atoms with Crippen molar-refractivity contribution in [2.75, 3.05) is 21.2 Å². The number of benzene rings is 2. The molecule has 1 amide bonds. The number of hydrogen-bond acceptors (Lipinski definition) is 6. The van der Waals surface area contributed by atoms with Gasteiger partial charge in [0.05, 0.1) is 11.3 Å². The number of aryl methyl sites for hydroxylation is 2. The van der Waals surface area contributed by atoms with Crippen LogP contribution in [-0.4, -0.2) is 58.6 Å². The van der Waals surface area contributed by atoms with Gasteiger partial charge in [-0.05, 0) is 32.3 Å². The summed E-state index contributed by atoms with van der Waals surface area (Å²) < 4.78 is 55.8. The molecule has 2 heterocycles. The number of imidazole rings is 1. The van der Waals surface area contributed by atoms with E-state index in [4.69, 9.17) is 9.47 Å². The second-order valence-corrected chi connectivity index (χ2v) is 10.1. The Balaban J connectivity index is 1.77. The molecule has 4 aromatic rings. The van der Waals surface area contributed by atoms with Crippen molar-refractivity contribution in [2.45, 2.75) is 44.6 Å². The number of aromatic nitrogens is 2. The maximum Gasteiger partial charge on any atom is 0.432 e. The van der Waals surface area contributed by atoms with E-state index in [0.717, 1.165) is 24.9 Å². The second kappa shape index (κ2) is 11.8. The van der Waals surface area contributed by atoms with Crippen molar-refractivity contribution in [2.24, 2.45) is 0 Å². The van der Waals surface area contributed by atoms with Gasteiger partial charge in [0.2, 0.25) is 0 Å². The summed E-state index contributed by atoms with van der Waals surface area (Å²) in [4.78, 5) is 32.4. The van der Waals surface area contributed by atoms with Gasteiger partial charge in [-0.25, -0.2) is 9.78 Å². The first-order valence-electron chi connectivity index (χ1n) is 13.2. The van der Waals surface area contributed by atoms with Crippen molar-refractivity contribution < 1.29 is 37.3 Å². The molecule has 0 aliphatic heterocycles. The predicted molar refractivity (Wildman–Crippen MR) is 149 cm³/mol. The predicted octanol–water partition coefficient (Wildman–Crippen LogP) is 5.68. The number of rotatable bonds is 9. The molecule has 2 aromatic heterocycles. The summed E-state index contributed by atoms with van der Waals surface area (Å²) in [5, 5.41) is 11.3. The average Bonchev–Trinajstić information content (AvgIpc) is 3.25. The zero-order valence-corrected chi connectivity index (χ0v) is 23.9. The van der Waals surface area contributed by atoms with Crippen LogP contribution in [0.5, 0.6) is 5.75 Å². The van der Waals surface area contributed by atoms with Crippen molar-refractivity contribution >= 4 is 17.5 Å². The average molecular weight is 584 g/mol. The van der Waals surface area contributed by atoms with E-state index in [9.17, 15) is 27.9 Å². The highest BCUT2D eigenvalue weighted by molar-refractivity contribution is 5.96. The Morgan fingerprint density at radius 2 is 1.62 bits per heavy atom. The number of aromatic hydroxyl groups is 1. The van der Waals surface area contributed by atoms with E-state index in [2.05, 4.69) is 4.98 Å². The Kier molecular flexibility index (Phi) is 8.63. The van der Waals surface area contributed by atoms with E-state index < -0.39 is 29.4 Å². The number of carbonyl (C=O) groups is 2. The van der Waals surface area contributed by atoms with Crippen LogP contribution < -0.4 is 0 Å². The Morgan fingerprint density at radius 1 is 1.02 bits per heavy atom. The topological polar surface area (TPSA) is 93.4 Å². The molecule has 222 valence electrons. The largest absolute Gasteiger partial charge is 0.504 e. The fourth-order valence-electron chi connectivity index (χ4n) is 4.94. The van der Waals surface area contributed by atoms with E-state index in [-0.39, 0.29) is 41.3 Å². The third kappa shape index (κ3) is 5.44. The van der Waals surface area contributed by atoms with Gasteiger partial charge >= 0.3 is 12.1 Å². The first-order chi connectivity index (χ1) is 19.8. The standard InChI is InChI=1S/C31H32F3N3O5/c1-19-20(2)37-18-24(28(39)36(3)4)23(26(38)27(37)35-19)16-17-25(21-12-8-6-9-13-21)42-29(40)30(41-5,31(32,33)34)22-14-10-7-11-15-22/h6-15,18,25,38H,16-17H2,1-5H3/t25-,30+/m0/s1. The van der Waals surface area contributed by atoms with Crippen LogP contribution in [0.15, 0.2) is 66.9 Å². The van der Waals surface area contributed by atoms with E-state index in [0.29, 0.717) is 11.3 Å². The molecule has 0 radical (unpaired) electrons. The van der Waals surface area contributed by atoms with Gasteiger partial charge in [0.1, 0.15) is 6.10 Å². The monoisotopic (exact) mass is 583 g/mol. The highest BCUT2D eigenvalue weighted by Crippen LogP contribution is 2.44. The van der Waals surface area contributed by atoms with Gasteiger partial charge in [-0.2, -0.15) is 13.2 Å². The van der Waals surface area contributed by atoms with Crippen molar-refractivity contribution in [3.63, 3.8) is 0 Å². The van der Waals surface area contributed by atoms with Gasteiger partial charge in [-0.1, -0.05) is 60.7 Å². The summed E-state index contributed by atoms with van der Waals surface area (Å²) >= 11 is 0. The number of esters is 1. The second-order valence-electron chi connectivity index (χ2n) is 10.1. The fraction of sp³-hybridized carbons (Fsp3) is 0.323. The summed E-state index contributed by atoms with van der Waals surface area (Å²) in [5.74, 6) is -2.26. The van der Waals surface area contributed by atoms with Gasteiger partial charge < -0.3 is 23.9 Å². The van der Waals surface area contributed by atoms with Gasteiger partial charge in [0, 0.05) is 44.2 Å². The van der Waals surface area contributed by atoms with Crippen LogP contribution in [0.4, 0.5) is 13.2 Å². The molecule has 8 nitrogen and oxygen atoms in total. The van der Waals surface area contributed by atoms with Crippen LogP contribution in [0.1, 0.15) is 51.0 Å². The van der Waals surface area contributed by atoms with Gasteiger partial charge in [0.25, 0.3) is 11.5 Å². The van der Waals surface area contributed by atoms with Crippen molar-refractivity contribution in [1.29, 1.82) is 0 Å². The lowest BCUT2D eigenvalue weighted by molar-refractivity contribution is -0.278. The normalized spacial score (nSPS) is 13.9. The number of ether oxygens (including phenoxy) is 2. The first kappa shape index (κ1) is 30.6. The van der Waals surface area contributed by atoms with Crippen LogP contribution in [-0.2, 0) is 26.3 Å². The molecule has 1 N–H and O–H groups in total. The van der Waals surface area contributed by atoms with E-state index in [1.807, 2.05) is 0 Å². The number of halogens is 3. The molecule has 0 aliphatic rings. The number of methoxy groups -OCH3 is 1. The zero-order chi connectivity index (χ0) is 30.8. The van der Waals surface area contributed by atoms with E-state index in [1.54, 1.807) is 68.9 Å². The van der Waals surface area contributed by atoms with Gasteiger partial charge in [-0.15, -0.1) is 0 Å². The first-order valence-corrected chi connectivity index (χ1v) is 13.2. The molecular weight excluding hydrogens is 551 g/mol. The summed E-state index contributed by atoms with van der Waals surface area (Å²) in [5.41, 5.74) is -1.31. The number of amides is 1. The Labute approximate surface area is 241 Å². The molecule has 4 rings (SSSR count). The zero-order valence-electron chi connectivity index (χ0n) is 23.9. The minimum atomic E-state index is -5.15. The SMILES string of the molecule is CO[C@@](C(=O)O[C@@H](CCc1c(C(=O)N(C)C)cn2c(C)c(C)nc2c1O)c1ccccc1)(c1ccccc1)C(F)(F)F. The van der Waals surface area contributed by atoms with Crippen LogP contribution in [0.2, 0.25) is 0 Å². The minimum absolute atomic E-state index is 0.0214. The molecule has 0 saturated heterocycles. The van der Waals surface area contributed by atoms with Crippen molar-refractivity contribution in [3.8, 4) is 5.75 Å². The molecule has 11 heteroatoms. The molecule has 0 saturated carbocycles. The third-order valence-corrected chi connectivity index (χ3v) is 7.35. The van der Waals surface area contributed by atoms with E-state index in [1.165, 1.54) is 23.1 Å². The number of fused-ring (bicyclic) bond motifs is 1. The lowest BCUT2D eigenvalue weighted by Gasteiger charge is -2.34. The summed E-state index contributed by atoms with van der Waals surface area (Å²) in [6, 6.07) is 14.9. The number of nitrogens with zero attached hydrogens (tertiary/aromatic N) is 3. The number of carbonyl (C=O) groups excluding carboxylic acids is 2. The van der Waals surface area contributed by atoms with Crippen LogP contribution in [0.3, 0.4) is 0 Å². The van der Waals surface area contributed by atoms with Crippen molar-refractivity contribution in [1.82, 2.24) is 14.3 Å². The smallest absolute Gasteiger partial charge is 0.432 e. The van der Waals surface area contributed by atoms with E-state index >= 15 is 0 Å². The number of hydrogen-bond donors (Lipinski definition) is 1. The molecule has 0 unspecified atom stereocenters. The lowest BCUT2D eigenvalue weighted by atomic mass is 9.92. The van der Waals surface area contributed by atoms with Crippen LogP contribution >= 0.6 is 0 Å². The summed E-state index contributed by atoms with van der Waals surface area (Å²) in [7, 11) is 3.94. The Bertz CT molecular complexity index is 1590. The fourth-order valence-corrected chi connectivity index (χ4v) is 4.94. The molecule has 42 heavy (non-hydrogen) atoms. The quantitative estimate of drug-likeness (QED) is 0.255. The molecule has 0 bridgehead atoms. The van der Waals surface area contributed by atoms with Gasteiger partial charge in [0.15, 0.2) is 11.4 Å². The van der Waals surface area contributed by atoms with Crippen LogP contribution in [0.25, 0.3) is 5.65 Å². The molecule has 0 fully saturated rings. The molecule has 2 atom stereocenters. The molecule has 0 spiro atoms.